The summed E-state index contributed by atoms with van der Waals surface area (Å²) in [7, 11) is 0. The summed E-state index contributed by atoms with van der Waals surface area (Å²) in [5.41, 5.74) is 6.62. The third kappa shape index (κ3) is 2.41. The molecule has 2 heterocycles. The molecule has 0 aromatic carbocycles. The Kier molecular flexibility index (Phi) is 3.15. The Morgan fingerprint density at radius 1 is 1.14 bits per heavy atom. The fraction of sp³-hybridized carbons (Fsp3) is 0.615. The van der Waals surface area contributed by atoms with Crippen molar-refractivity contribution in [2.75, 3.05) is 0 Å². The SMILES string of the molecule is C=C(NNC(N)=O)[C@]1(C)C[C@]2(CC(C)(C)OC2=O)C(=O)O1. The number of nitrogens with two attached hydrogens (primary N) is 1. The lowest BCUT2D eigenvalue weighted by atomic mass is 9.75. The molecule has 0 aromatic heterocycles. The van der Waals surface area contributed by atoms with E-state index in [1.54, 1.807) is 20.8 Å². The topological polar surface area (TPSA) is 120 Å². The van der Waals surface area contributed by atoms with Crippen LogP contribution in [-0.2, 0) is 19.1 Å². The molecule has 1 spiro atoms. The zero-order chi connectivity index (χ0) is 16.1. The van der Waals surface area contributed by atoms with Crippen molar-refractivity contribution >= 4 is 18.0 Å². The predicted molar refractivity (Wildman–Crippen MR) is 71.3 cm³/mol. The number of urea groups is 1. The molecule has 0 bridgehead atoms. The number of amides is 2. The summed E-state index contributed by atoms with van der Waals surface area (Å²) in [6.45, 7) is 8.81. The van der Waals surface area contributed by atoms with Gasteiger partial charge in [-0.3, -0.25) is 20.4 Å². The molecule has 0 saturated carbocycles. The second-order valence-corrected chi connectivity index (χ2v) is 6.30. The molecule has 2 fully saturated rings. The molecule has 116 valence electrons. The van der Waals surface area contributed by atoms with Crippen molar-refractivity contribution in [1.29, 1.82) is 0 Å². The van der Waals surface area contributed by atoms with Crippen LogP contribution in [0.25, 0.3) is 0 Å². The highest BCUT2D eigenvalue weighted by Crippen LogP contribution is 2.52. The van der Waals surface area contributed by atoms with Crippen LogP contribution in [0.1, 0.15) is 33.6 Å². The fourth-order valence-corrected chi connectivity index (χ4v) is 2.90. The number of primary amides is 1. The van der Waals surface area contributed by atoms with Crippen LogP contribution < -0.4 is 16.6 Å². The minimum absolute atomic E-state index is 0.0906. The molecule has 2 amide bonds. The molecule has 2 saturated heterocycles. The molecule has 0 radical (unpaired) electrons. The quantitative estimate of drug-likeness (QED) is 0.386. The van der Waals surface area contributed by atoms with E-state index < -0.39 is 34.6 Å². The number of cyclic esters (lactones) is 2. The third-order valence-corrected chi connectivity index (χ3v) is 3.81. The van der Waals surface area contributed by atoms with Gasteiger partial charge in [0.05, 0.1) is 5.70 Å². The van der Waals surface area contributed by atoms with Gasteiger partial charge in [0.1, 0.15) is 5.60 Å². The summed E-state index contributed by atoms with van der Waals surface area (Å²) in [6, 6.07) is -0.805. The number of esters is 2. The van der Waals surface area contributed by atoms with Gasteiger partial charge in [-0.15, -0.1) is 0 Å². The molecule has 8 heteroatoms. The Balaban J connectivity index is 2.21. The van der Waals surface area contributed by atoms with Crippen LogP contribution in [0.5, 0.6) is 0 Å². The molecular formula is C13H19N3O5. The first kappa shape index (κ1) is 15.1. The molecule has 2 atom stereocenters. The van der Waals surface area contributed by atoms with Gasteiger partial charge in [0.2, 0.25) is 0 Å². The number of carbonyl (C=O) groups is 3. The maximum Gasteiger partial charge on any atom is 0.330 e. The van der Waals surface area contributed by atoms with E-state index in [2.05, 4.69) is 17.4 Å². The monoisotopic (exact) mass is 297 g/mol. The number of nitrogens with one attached hydrogen (secondary N) is 2. The van der Waals surface area contributed by atoms with Crippen molar-refractivity contribution < 1.29 is 23.9 Å². The van der Waals surface area contributed by atoms with Crippen molar-refractivity contribution in [3.8, 4) is 0 Å². The first-order valence-electron chi connectivity index (χ1n) is 6.49. The van der Waals surface area contributed by atoms with Gasteiger partial charge in [0, 0.05) is 12.8 Å². The first-order chi connectivity index (χ1) is 9.51. The molecule has 0 aromatic rings. The number of hydrazine groups is 1. The van der Waals surface area contributed by atoms with E-state index in [1.807, 2.05) is 0 Å². The van der Waals surface area contributed by atoms with Gasteiger partial charge in [-0.05, 0) is 20.8 Å². The Morgan fingerprint density at radius 3 is 2.19 bits per heavy atom. The van der Waals surface area contributed by atoms with Crippen LogP contribution >= 0.6 is 0 Å². The van der Waals surface area contributed by atoms with Crippen molar-refractivity contribution in [1.82, 2.24) is 10.9 Å². The van der Waals surface area contributed by atoms with Gasteiger partial charge in [0.25, 0.3) is 0 Å². The second kappa shape index (κ2) is 4.37. The summed E-state index contributed by atoms with van der Waals surface area (Å²) in [4.78, 5) is 35.1. The van der Waals surface area contributed by atoms with Gasteiger partial charge in [-0.25, -0.2) is 4.79 Å². The van der Waals surface area contributed by atoms with Crippen molar-refractivity contribution in [3.63, 3.8) is 0 Å². The van der Waals surface area contributed by atoms with Gasteiger partial charge in [-0.2, -0.15) is 0 Å². The van der Waals surface area contributed by atoms with Crippen LogP contribution in [0.15, 0.2) is 12.3 Å². The summed E-state index contributed by atoms with van der Waals surface area (Å²) < 4.78 is 10.6. The van der Waals surface area contributed by atoms with E-state index in [0.29, 0.717) is 0 Å². The average molecular weight is 297 g/mol. The Hall–Kier alpha value is -2.25. The van der Waals surface area contributed by atoms with Gasteiger partial charge in [0.15, 0.2) is 11.0 Å². The highest BCUT2D eigenvalue weighted by atomic mass is 16.6. The van der Waals surface area contributed by atoms with Crippen molar-refractivity contribution in [2.45, 2.75) is 44.8 Å². The van der Waals surface area contributed by atoms with Crippen LogP contribution in [0.2, 0.25) is 0 Å². The lowest BCUT2D eigenvalue weighted by Crippen LogP contribution is -2.46. The van der Waals surface area contributed by atoms with Gasteiger partial charge in [-0.1, -0.05) is 6.58 Å². The lowest BCUT2D eigenvalue weighted by Gasteiger charge is -2.26. The van der Waals surface area contributed by atoms with E-state index in [9.17, 15) is 14.4 Å². The number of carbonyl (C=O) groups excluding carboxylic acids is 3. The summed E-state index contributed by atoms with van der Waals surface area (Å²) in [5.74, 6) is -1.22. The lowest BCUT2D eigenvalue weighted by molar-refractivity contribution is -0.160. The van der Waals surface area contributed by atoms with Crippen molar-refractivity contribution in [3.05, 3.63) is 12.3 Å². The Bertz CT molecular complexity index is 544. The highest BCUT2D eigenvalue weighted by molar-refractivity contribution is 6.03. The molecule has 8 nitrogen and oxygen atoms in total. The molecule has 2 aliphatic rings. The van der Waals surface area contributed by atoms with Crippen LogP contribution in [-0.4, -0.2) is 29.2 Å². The number of rotatable bonds is 3. The molecule has 4 N–H and O–H groups in total. The summed E-state index contributed by atoms with van der Waals surface area (Å²) in [6.07, 6.45) is 0.331. The van der Waals surface area contributed by atoms with E-state index >= 15 is 0 Å². The smallest absolute Gasteiger partial charge is 0.330 e. The van der Waals surface area contributed by atoms with E-state index in [1.165, 1.54) is 0 Å². The highest BCUT2D eigenvalue weighted by Gasteiger charge is 2.67. The fourth-order valence-electron chi connectivity index (χ4n) is 2.90. The van der Waals surface area contributed by atoms with E-state index in [-0.39, 0.29) is 18.5 Å². The number of hydrogen-bond acceptors (Lipinski definition) is 6. The van der Waals surface area contributed by atoms with Crippen LogP contribution in [0, 0.1) is 5.41 Å². The maximum absolute atomic E-state index is 12.3. The van der Waals surface area contributed by atoms with E-state index in [4.69, 9.17) is 15.2 Å². The van der Waals surface area contributed by atoms with Crippen LogP contribution in [0.4, 0.5) is 4.79 Å². The summed E-state index contributed by atoms with van der Waals surface area (Å²) >= 11 is 0. The number of hydrogen-bond donors (Lipinski definition) is 3. The second-order valence-electron chi connectivity index (χ2n) is 6.30. The average Bonchev–Trinajstić information content (AvgIpc) is 2.71. The normalized spacial score (nSPS) is 33.5. The predicted octanol–water partition coefficient (Wildman–Crippen LogP) is 0.0905. The largest absolute Gasteiger partial charge is 0.459 e. The van der Waals surface area contributed by atoms with E-state index in [0.717, 1.165) is 0 Å². The molecule has 0 unspecified atom stereocenters. The zero-order valence-electron chi connectivity index (χ0n) is 12.2. The third-order valence-electron chi connectivity index (χ3n) is 3.81. The Morgan fingerprint density at radius 2 is 1.71 bits per heavy atom. The standard InChI is InChI=1S/C13H19N3O5/c1-7(15-16-10(14)19)12(4)6-13(9(18)21-12)5-11(2,3)20-8(13)17/h15H,1,5-6H2,2-4H3,(H3,14,16,19)/t12-,13-/m0/s1. The molecule has 0 aliphatic carbocycles. The zero-order valence-corrected chi connectivity index (χ0v) is 12.2. The van der Waals surface area contributed by atoms with Gasteiger partial charge >= 0.3 is 18.0 Å². The first-order valence-corrected chi connectivity index (χ1v) is 6.49. The maximum atomic E-state index is 12.3. The molecular weight excluding hydrogens is 278 g/mol. The minimum Gasteiger partial charge on any atom is -0.459 e. The molecule has 2 aliphatic heterocycles. The molecule has 21 heavy (non-hydrogen) atoms. The molecule has 2 rings (SSSR count). The van der Waals surface area contributed by atoms with Crippen LogP contribution in [0.3, 0.4) is 0 Å². The summed E-state index contributed by atoms with van der Waals surface area (Å²) in [5, 5.41) is 0. The van der Waals surface area contributed by atoms with Crippen molar-refractivity contribution in [2.24, 2.45) is 11.1 Å². The minimum atomic E-state index is -1.32. The van der Waals surface area contributed by atoms with Gasteiger partial charge < -0.3 is 15.2 Å². The number of ether oxygens (including phenoxy) is 2. The Labute approximate surface area is 122 Å².